The van der Waals surface area contributed by atoms with E-state index in [0.29, 0.717) is 6.04 Å². The molecule has 0 radical (unpaired) electrons. The van der Waals surface area contributed by atoms with Gasteiger partial charge in [-0.2, -0.15) is 0 Å². The van der Waals surface area contributed by atoms with E-state index < -0.39 is 0 Å². The van der Waals surface area contributed by atoms with Crippen molar-refractivity contribution < 1.29 is 0 Å². The minimum atomic E-state index is 0.613. The van der Waals surface area contributed by atoms with Gasteiger partial charge in [0.25, 0.3) is 0 Å². The first-order valence-electron chi connectivity index (χ1n) is 6.98. The fourth-order valence-corrected chi connectivity index (χ4v) is 2.76. The smallest absolute Gasteiger partial charge is 0.137 e. The molecule has 1 fully saturated rings. The highest BCUT2D eigenvalue weighted by molar-refractivity contribution is 5.88. The molecule has 3 rings (SSSR count). The molecular weight excluding hydrogens is 236 g/mol. The van der Waals surface area contributed by atoms with Crippen LogP contribution in [0.15, 0.2) is 30.6 Å². The number of para-hydroxylation sites is 1. The monoisotopic (exact) mass is 256 g/mol. The van der Waals surface area contributed by atoms with E-state index in [1.807, 2.05) is 18.2 Å². The summed E-state index contributed by atoms with van der Waals surface area (Å²) in [5.74, 6) is 0.949. The normalized spacial score (nSPS) is 20.6. The largest absolute Gasteiger partial charge is 0.368 e. The number of aromatic nitrogens is 2. The van der Waals surface area contributed by atoms with E-state index in [1.54, 1.807) is 6.33 Å². The molecular formula is C15H20N4. The average Bonchev–Trinajstić information content (AvgIpc) is 2.46. The maximum absolute atomic E-state index is 4.38. The summed E-state index contributed by atoms with van der Waals surface area (Å²) in [5, 5.41) is 4.60. The highest BCUT2D eigenvalue weighted by Crippen LogP contribution is 2.20. The minimum Gasteiger partial charge on any atom is -0.368 e. The Hall–Kier alpha value is -1.68. The van der Waals surface area contributed by atoms with Crippen molar-refractivity contribution in [3.63, 3.8) is 0 Å². The van der Waals surface area contributed by atoms with Gasteiger partial charge in [-0.1, -0.05) is 18.6 Å². The molecule has 1 atom stereocenters. The van der Waals surface area contributed by atoms with Crippen LogP contribution in [0.1, 0.15) is 19.3 Å². The van der Waals surface area contributed by atoms with E-state index in [1.165, 1.54) is 25.8 Å². The maximum atomic E-state index is 4.38. The predicted molar refractivity (Wildman–Crippen MR) is 78.3 cm³/mol. The van der Waals surface area contributed by atoms with Gasteiger partial charge in [0.2, 0.25) is 0 Å². The Bertz CT molecular complexity index is 549. The van der Waals surface area contributed by atoms with Gasteiger partial charge in [-0.05, 0) is 38.6 Å². The van der Waals surface area contributed by atoms with E-state index in [0.717, 1.165) is 23.3 Å². The second kappa shape index (κ2) is 5.53. The molecule has 1 aromatic heterocycles. The molecule has 1 unspecified atom stereocenters. The zero-order chi connectivity index (χ0) is 13.1. The molecule has 100 valence electrons. The van der Waals surface area contributed by atoms with Crippen molar-refractivity contribution in [2.24, 2.45) is 0 Å². The van der Waals surface area contributed by atoms with Gasteiger partial charge in [-0.15, -0.1) is 0 Å². The van der Waals surface area contributed by atoms with Crippen LogP contribution in [-0.4, -0.2) is 41.0 Å². The molecule has 1 saturated heterocycles. The Morgan fingerprint density at radius 1 is 1.26 bits per heavy atom. The Morgan fingerprint density at radius 2 is 2.16 bits per heavy atom. The average molecular weight is 256 g/mol. The summed E-state index contributed by atoms with van der Waals surface area (Å²) in [7, 11) is 2.21. The third kappa shape index (κ3) is 2.68. The van der Waals surface area contributed by atoms with Crippen LogP contribution in [0.2, 0.25) is 0 Å². The minimum absolute atomic E-state index is 0.613. The Morgan fingerprint density at radius 3 is 3.05 bits per heavy atom. The number of hydrogen-bond donors (Lipinski definition) is 1. The summed E-state index contributed by atoms with van der Waals surface area (Å²) in [6.45, 7) is 2.16. The van der Waals surface area contributed by atoms with Crippen molar-refractivity contribution >= 4 is 16.7 Å². The Kier molecular flexibility index (Phi) is 3.60. The van der Waals surface area contributed by atoms with E-state index in [2.05, 4.69) is 33.3 Å². The van der Waals surface area contributed by atoms with Gasteiger partial charge in [0.05, 0.1) is 5.52 Å². The van der Waals surface area contributed by atoms with Crippen LogP contribution in [0.3, 0.4) is 0 Å². The van der Waals surface area contributed by atoms with Gasteiger partial charge >= 0.3 is 0 Å². The number of anilines is 1. The van der Waals surface area contributed by atoms with Crippen molar-refractivity contribution in [2.75, 3.05) is 25.5 Å². The van der Waals surface area contributed by atoms with Gasteiger partial charge in [0.15, 0.2) is 0 Å². The van der Waals surface area contributed by atoms with Gasteiger partial charge < -0.3 is 10.2 Å². The summed E-state index contributed by atoms with van der Waals surface area (Å²) >= 11 is 0. The number of fused-ring (bicyclic) bond motifs is 1. The number of nitrogens with one attached hydrogen (secondary N) is 1. The van der Waals surface area contributed by atoms with Gasteiger partial charge in [-0.3, -0.25) is 0 Å². The standard InChI is InChI=1S/C15H20N4/c1-19-9-5-4-6-12(19)10-16-15-13-7-2-3-8-14(13)17-11-18-15/h2-3,7-8,11-12H,4-6,9-10H2,1H3,(H,16,17,18). The number of likely N-dealkylation sites (tertiary alicyclic amines) is 1. The van der Waals surface area contributed by atoms with Crippen LogP contribution in [0.25, 0.3) is 10.9 Å². The quantitative estimate of drug-likeness (QED) is 0.916. The molecule has 2 heterocycles. The molecule has 1 aliphatic heterocycles. The number of hydrogen-bond acceptors (Lipinski definition) is 4. The van der Waals surface area contributed by atoms with Crippen molar-refractivity contribution in [3.8, 4) is 0 Å². The number of rotatable bonds is 3. The fraction of sp³-hybridized carbons (Fsp3) is 0.467. The highest BCUT2D eigenvalue weighted by Gasteiger charge is 2.18. The molecule has 0 amide bonds. The number of benzene rings is 1. The molecule has 4 heteroatoms. The molecule has 1 aliphatic rings. The van der Waals surface area contributed by atoms with Crippen LogP contribution in [0.4, 0.5) is 5.82 Å². The van der Waals surface area contributed by atoms with Crippen molar-refractivity contribution in [2.45, 2.75) is 25.3 Å². The van der Waals surface area contributed by atoms with Crippen LogP contribution in [0, 0.1) is 0 Å². The molecule has 2 aromatic rings. The van der Waals surface area contributed by atoms with Crippen molar-refractivity contribution in [1.82, 2.24) is 14.9 Å². The van der Waals surface area contributed by atoms with Gasteiger partial charge in [-0.25, -0.2) is 9.97 Å². The lowest BCUT2D eigenvalue weighted by Crippen LogP contribution is -2.40. The molecule has 0 spiro atoms. The predicted octanol–water partition coefficient (Wildman–Crippen LogP) is 2.53. The van der Waals surface area contributed by atoms with Crippen molar-refractivity contribution in [3.05, 3.63) is 30.6 Å². The number of nitrogens with zero attached hydrogens (tertiary/aromatic N) is 3. The highest BCUT2D eigenvalue weighted by atomic mass is 15.2. The Labute approximate surface area is 113 Å². The summed E-state index contributed by atoms with van der Waals surface area (Å²) in [4.78, 5) is 11.1. The first-order chi connectivity index (χ1) is 9.34. The fourth-order valence-electron chi connectivity index (χ4n) is 2.76. The zero-order valence-corrected chi connectivity index (χ0v) is 11.3. The molecule has 0 aliphatic carbocycles. The number of likely N-dealkylation sites (N-methyl/N-ethyl adjacent to an activating group) is 1. The molecule has 19 heavy (non-hydrogen) atoms. The summed E-state index contributed by atoms with van der Waals surface area (Å²) in [5.41, 5.74) is 0.997. The lowest BCUT2D eigenvalue weighted by molar-refractivity contribution is 0.194. The zero-order valence-electron chi connectivity index (χ0n) is 11.3. The van der Waals surface area contributed by atoms with E-state index >= 15 is 0 Å². The van der Waals surface area contributed by atoms with Gasteiger partial charge in [0, 0.05) is 18.0 Å². The topological polar surface area (TPSA) is 41.0 Å². The van der Waals surface area contributed by atoms with Crippen LogP contribution < -0.4 is 5.32 Å². The molecule has 0 bridgehead atoms. The molecule has 4 nitrogen and oxygen atoms in total. The lowest BCUT2D eigenvalue weighted by Gasteiger charge is -2.32. The van der Waals surface area contributed by atoms with E-state index in [4.69, 9.17) is 0 Å². The lowest BCUT2D eigenvalue weighted by atomic mass is 10.0. The first-order valence-corrected chi connectivity index (χ1v) is 6.98. The SMILES string of the molecule is CN1CCCCC1CNc1ncnc2ccccc12. The van der Waals surface area contributed by atoms with Gasteiger partial charge in [0.1, 0.15) is 12.1 Å². The van der Waals surface area contributed by atoms with E-state index in [-0.39, 0.29) is 0 Å². The second-order valence-electron chi connectivity index (χ2n) is 5.25. The molecule has 1 aromatic carbocycles. The first kappa shape index (κ1) is 12.4. The second-order valence-corrected chi connectivity index (χ2v) is 5.25. The third-order valence-electron chi connectivity index (χ3n) is 3.97. The molecule has 1 N–H and O–H groups in total. The maximum Gasteiger partial charge on any atom is 0.137 e. The Balaban J connectivity index is 1.74. The summed E-state index contributed by atoms with van der Waals surface area (Å²) < 4.78 is 0. The number of piperidine rings is 1. The van der Waals surface area contributed by atoms with Crippen LogP contribution >= 0.6 is 0 Å². The third-order valence-corrected chi connectivity index (χ3v) is 3.97. The van der Waals surface area contributed by atoms with Crippen LogP contribution in [-0.2, 0) is 0 Å². The van der Waals surface area contributed by atoms with E-state index in [9.17, 15) is 0 Å². The summed E-state index contributed by atoms with van der Waals surface area (Å²) in [6, 6.07) is 8.75. The summed E-state index contributed by atoms with van der Waals surface area (Å²) in [6.07, 6.45) is 5.56. The molecule has 0 saturated carbocycles. The van der Waals surface area contributed by atoms with Crippen LogP contribution in [0.5, 0.6) is 0 Å². The van der Waals surface area contributed by atoms with Crippen molar-refractivity contribution in [1.29, 1.82) is 0 Å².